The first-order valence-corrected chi connectivity index (χ1v) is 15.8. The van der Waals surface area contributed by atoms with Crippen LogP contribution in [-0.4, -0.2) is 49.2 Å². The lowest BCUT2D eigenvalue weighted by molar-refractivity contribution is -0.136. The highest BCUT2D eigenvalue weighted by molar-refractivity contribution is 8.01. The molecule has 0 saturated carbocycles. The highest BCUT2D eigenvalue weighted by Crippen LogP contribution is 2.41. The molecule has 1 N–H and O–H groups in total. The van der Waals surface area contributed by atoms with E-state index in [4.69, 9.17) is 9.47 Å². The van der Waals surface area contributed by atoms with Gasteiger partial charge >= 0.3 is 5.97 Å². The predicted molar refractivity (Wildman–Crippen MR) is 171 cm³/mol. The van der Waals surface area contributed by atoms with Crippen molar-refractivity contribution in [2.24, 2.45) is 0 Å². The van der Waals surface area contributed by atoms with Crippen LogP contribution >= 0.6 is 23.1 Å². The van der Waals surface area contributed by atoms with Gasteiger partial charge in [0.25, 0.3) is 0 Å². The van der Waals surface area contributed by atoms with E-state index in [0.29, 0.717) is 35.3 Å². The lowest BCUT2D eigenvalue weighted by atomic mass is 9.87. The molecule has 6 rings (SSSR count). The van der Waals surface area contributed by atoms with Crippen molar-refractivity contribution in [3.05, 3.63) is 107 Å². The molecule has 0 aliphatic carbocycles. The van der Waals surface area contributed by atoms with Gasteiger partial charge in [0.05, 0.1) is 12.7 Å². The number of tetrazole rings is 1. The molecule has 5 aromatic rings. The van der Waals surface area contributed by atoms with Crippen molar-refractivity contribution in [3.8, 4) is 16.3 Å². The van der Waals surface area contributed by atoms with E-state index in [0.717, 1.165) is 26.0 Å². The van der Waals surface area contributed by atoms with Crippen LogP contribution in [0.5, 0.6) is 5.75 Å². The fourth-order valence-electron chi connectivity index (χ4n) is 4.88. The van der Waals surface area contributed by atoms with Gasteiger partial charge in [-0.15, -0.1) is 10.2 Å². The summed E-state index contributed by atoms with van der Waals surface area (Å²) in [6.07, 6.45) is 0. The number of methoxy groups -OCH3 is 1. The Morgan fingerprint density at radius 3 is 2.48 bits per heavy atom. The molecule has 12 heteroatoms. The quantitative estimate of drug-likeness (QED) is 0.148. The number of esters is 1. The van der Waals surface area contributed by atoms with Gasteiger partial charge in [0.1, 0.15) is 23.4 Å². The number of aromatic nitrogens is 6. The van der Waals surface area contributed by atoms with Gasteiger partial charge < -0.3 is 14.8 Å². The smallest absolute Gasteiger partial charge is 0.338 e. The Labute approximate surface area is 263 Å². The van der Waals surface area contributed by atoms with Gasteiger partial charge in [-0.2, -0.15) is 4.68 Å². The second kappa shape index (κ2) is 12.6. The number of nitrogens with one attached hydrogen (secondary N) is 1. The van der Waals surface area contributed by atoms with Crippen LogP contribution in [0.4, 0.5) is 5.95 Å². The summed E-state index contributed by atoms with van der Waals surface area (Å²) in [5.41, 5.74) is 5.11. The molecule has 1 atom stereocenters. The molecule has 3 heterocycles. The molecular formula is C32H31N7O3S2. The SMILES string of the molecule is COC(=O)C1=C(CSc2nnc(-c3ccccc3)s2)Nc2nnnn2C1c1ccccc1OCc1ccc(C(C)(C)C)cc1. The zero-order valence-electron chi connectivity index (χ0n) is 24.7. The summed E-state index contributed by atoms with van der Waals surface area (Å²) in [7, 11) is 1.37. The van der Waals surface area contributed by atoms with E-state index < -0.39 is 12.0 Å². The molecule has 0 fully saturated rings. The van der Waals surface area contributed by atoms with E-state index in [1.165, 1.54) is 35.8 Å². The van der Waals surface area contributed by atoms with Gasteiger partial charge in [-0.25, -0.2) is 4.79 Å². The standard InChI is InChI=1S/C32H31N7O3S2/c1-32(2,3)22-16-14-20(15-17-22)18-42-25-13-9-8-12-23(25)27-26(29(40)41-4)24(33-30-35-37-38-39(27)30)19-43-31-36-34-28(44-31)21-10-6-5-7-11-21/h5-17,27H,18-19H2,1-4H3,(H,33,35,38). The molecule has 1 aliphatic rings. The molecule has 1 aliphatic heterocycles. The summed E-state index contributed by atoms with van der Waals surface area (Å²) in [5.74, 6) is 0.924. The zero-order chi connectivity index (χ0) is 30.7. The van der Waals surface area contributed by atoms with Crippen LogP contribution in [0.25, 0.3) is 10.6 Å². The molecule has 0 bridgehead atoms. The third-order valence-electron chi connectivity index (χ3n) is 7.20. The predicted octanol–water partition coefficient (Wildman–Crippen LogP) is 6.30. The monoisotopic (exact) mass is 625 g/mol. The van der Waals surface area contributed by atoms with E-state index in [2.05, 4.69) is 76.1 Å². The third kappa shape index (κ3) is 6.22. The number of thioether (sulfide) groups is 1. The Morgan fingerprint density at radius 2 is 1.73 bits per heavy atom. The Kier molecular flexibility index (Phi) is 8.45. The second-order valence-electron chi connectivity index (χ2n) is 11.2. The lowest BCUT2D eigenvalue weighted by Gasteiger charge is -2.29. The first kappa shape index (κ1) is 29.5. The number of ether oxygens (including phenoxy) is 2. The maximum absolute atomic E-state index is 13.4. The number of para-hydroxylation sites is 1. The summed E-state index contributed by atoms with van der Waals surface area (Å²) >= 11 is 2.96. The molecule has 1 unspecified atom stereocenters. The first-order valence-electron chi connectivity index (χ1n) is 14.0. The van der Waals surface area contributed by atoms with Crippen LogP contribution in [0, 0.1) is 0 Å². The van der Waals surface area contributed by atoms with Gasteiger partial charge in [-0.3, -0.25) is 0 Å². The Bertz CT molecular complexity index is 1790. The highest BCUT2D eigenvalue weighted by Gasteiger charge is 2.37. The summed E-state index contributed by atoms with van der Waals surface area (Å²) in [5, 5.41) is 25.1. The molecule has 0 amide bonds. The second-order valence-corrected chi connectivity index (χ2v) is 13.4. The number of carbonyl (C=O) groups is 1. The maximum atomic E-state index is 13.4. The van der Waals surface area contributed by atoms with Gasteiger partial charge in [0.2, 0.25) is 5.95 Å². The summed E-state index contributed by atoms with van der Waals surface area (Å²) in [6, 6.07) is 25.3. The van der Waals surface area contributed by atoms with Crippen molar-refractivity contribution in [1.82, 2.24) is 30.4 Å². The van der Waals surface area contributed by atoms with Crippen LogP contribution in [0.2, 0.25) is 0 Å². The van der Waals surface area contributed by atoms with Crippen LogP contribution in [0.3, 0.4) is 0 Å². The van der Waals surface area contributed by atoms with Crippen molar-refractivity contribution in [2.75, 3.05) is 18.2 Å². The summed E-state index contributed by atoms with van der Waals surface area (Å²) < 4.78 is 14.0. The Balaban J connectivity index is 1.30. The fourth-order valence-corrected chi connectivity index (χ4v) is 6.71. The minimum absolute atomic E-state index is 0.0669. The van der Waals surface area contributed by atoms with Crippen molar-refractivity contribution >= 4 is 35.0 Å². The zero-order valence-corrected chi connectivity index (χ0v) is 26.4. The summed E-state index contributed by atoms with van der Waals surface area (Å²) in [4.78, 5) is 13.4. The van der Waals surface area contributed by atoms with Crippen molar-refractivity contribution < 1.29 is 14.3 Å². The van der Waals surface area contributed by atoms with E-state index in [1.807, 2.05) is 54.6 Å². The fraction of sp³-hybridized carbons (Fsp3) is 0.250. The minimum atomic E-state index is -0.682. The van der Waals surface area contributed by atoms with E-state index >= 15 is 0 Å². The average Bonchev–Trinajstić information content (AvgIpc) is 3.72. The molecule has 0 radical (unpaired) electrons. The van der Waals surface area contributed by atoms with Crippen LogP contribution < -0.4 is 10.1 Å². The molecule has 10 nitrogen and oxygen atoms in total. The number of benzene rings is 3. The molecule has 3 aromatic carbocycles. The average molecular weight is 626 g/mol. The van der Waals surface area contributed by atoms with Gasteiger partial charge in [-0.1, -0.05) is 122 Å². The number of carbonyl (C=O) groups excluding carboxylic acids is 1. The van der Waals surface area contributed by atoms with Gasteiger partial charge in [-0.05, 0) is 33.0 Å². The van der Waals surface area contributed by atoms with Crippen molar-refractivity contribution in [2.45, 2.75) is 43.2 Å². The Hall–Kier alpha value is -4.55. The highest BCUT2D eigenvalue weighted by atomic mass is 32.2. The normalized spacial score (nSPS) is 14.6. The van der Waals surface area contributed by atoms with Crippen LogP contribution in [-0.2, 0) is 21.6 Å². The number of fused-ring (bicyclic) bond motifs is 1. The maximum Gasteiger partial charge on any atom is 0.338 e. The van der Waals surface area contributed by atoms with Crippen LogP contribution in [0.15, 0.2) is 94.5 Å². The number of anilines is 1. The number of nitrogens with zero attached hydrogens (tertiary/aromatic N) is 6. The number of hydrogen-bond donors (Lipinski definition) is 1. The third-order valence-corrected chi connectivity index (χ3v) is 9.33. The molecule has 44 heavy (non-hydrogen) atoms. The van der Waals surface area contributed by atoms with Crippen LogP contribution in [0.1, 0.15) is 43.5 Å². The van der Waals surface area contributed by atoms with Gasteiger partial charge in [0, 0.05) is 22.6 Å². The van der Waals surface area contributed by atoms with Gasteiger partial charge in [0.15, 0.2) is 4.34 Å². The number of hydrogen-bond acceptors (Lipinski definition) is 11. The first-order chi connectivity index (χ1) is 21.3. The Morgan fingerprint density at radius 1 is 0.977 bits per heavy atom. The molecule has 224 valence electrons. The summed E-state index contributed by atoms with van der Waals surface area (Å²) in [6.45, 7) is 6.93. The van der Waals surface area contributed by atoms with E-state index in [1.54, 1.807) is 4.68 Å². The molecule has 0 spiro atoms. The largest absolute Gasteiger partial charge is 0.489 e. The van der Waals surface area contributed by atoms with Crippen molar-refractivity contribution in [1.29, 1.82) is 0 Å². The van der Waals surface area contributed by atoms with Crippen molar-refractivity contribution in [3.63, 3.8) is 0 Å². The lowest BCUT2D eigenvalue weighted by Crippen LogP contribution is -2.31. The molecule has 2 aromatic heterocycles. The van der Waals surface area contributed by atoms with E-state index in [9.17, 15) is 4.79 Å². The van der Waals surface area contributed by atoms with E-state index in [-0.39, 0.29) is 5.41 Å². The molecule has 0 saturated heterocycles. The minimum Gasteiger partial charge on any atom is -0.489 e. The molecular weight excluding hydrogens is 595 g/mol. The number of rotatable bonds is 9. The topological polar surface area (TPSA) is 117 Å².